The monoisotopic (exact) mass is 576 g/mol. The summed E-state index contributed by atoms with van der Waals surface area (Å²) >= 11 is 0. The lowest BCUT2D eigenvalue weighted by atomic mass is 9.91. The third-order valence-corrected chi connectivity index (χ3v) is 9.92. The maximum absolute atomic E-state index is 12.0. The van der Waals surface area contributed by atoms with Gasteiger partial charge in [-0.25, -0.2) is 8.42 Å². The molecule has 41 heavy (non-hydrogen) atoms. The van der Waals surface area contributed by atoms with E-state index in [-0.39, 0.29) is 29.3 Å². The zero-order valence-electron chi connectivity index (χ0n) is 24.3. The summed E-state index contributed by atoms with van der Waals surface area (Å²) in [6.45, 7) is 6.93. The fourth-order valence-corrected chi connectivity index (χ4v) is 6.63. The van der Waals surface area contributed by atoms with Gasteiger partial charge in [0.15, 0.2) is 0 Å². The molecule has 0 aliphatic heterocycles. The van der Waals surface area contributed by atoms with Crippen LogP contribution in [0.2, 0.25) is 0 Å². The highest BCUT2D eigenvalue weighted by Crippen LogP contribution is 2.48. The summed E-state index contributed by atoms with van der Waals surface area (Å²) in [6, 6.07) is 18.9. The second kappa shape index (κ2) is 12.7. The second-order valence-corrected chi connectivity index (χ2v) is 13.6. The molecule has 3 aromatic carbocycles. The molecular weight excluding hydrogens is 536 g/mol. The van der Waals surface area contributed by atoms with Crippen molar-refractivity contribution >= 4 is 15.8 Å². The van der Waals surface area contributed by atoms with Gasteiger partial charge in [-0.15, -0.1) is 0 Å². The predicted octanol–water partition coefficient (Wildman–Crippen LogP) is 6.60. The van der Waals surface area contributed by atoms with Crippen molar-refractivity contribution in [1.29, 1.82) is 0 Å². The van der Waals surface area contributed by atoms with Gasteiger partial charge in [0.25, 0.3) is 0 Å². The summed E-state index contributed by atoms with van der Waals surface area (Å²) in [7, 11) is -2.98. The summed E-state index contributed by atoms with van der Waals surface area (Å²) in [6.07, 6.45) is 4.41. The van der Waals surface area contributed by atoms with Gasteiger partial charge in [0.1, 0.15) is 27.9 Å². The molecular formula is C34H40O6S. The lowest BCUT2D eigenvalue weighted by Gasteiger charge is -2.17. The smallest absolute Gasteiger partial charge is 0.309 e. The number of carbonyl (C=O) groups is 1. The van der Waals surface area contributed by atoms with Crippen molar-refractivity contribution in [3.63, 3.8) is 0 Å². The largest absolute Gasteiger partial charge is 0.494 e. The van der Waals surface area contributed by atoms with Crippen molar-refractivity contribution in [3.05, 3.63) is 82.4 Å². The maximum atomic E-state index is 12.0. The Labute approximate surface area is 244 Å². The Bertz CT molecular complexity index is 1490. The number of esters is 1. The summed E-state index contributed by atoms with van der Waals surface area (Å²) < 4.78 is 40.8. The minimum atomic E-state index is -2.98. The first kappa shape index (κ1) is 29.2. The van der Waals surface area contributed by atoms with Crippen LogP contribution in [0.1, 0.15) is 66.8 Å². The lowest BCUT2D eigenvalue weighted by molar-refractivity contribution is -0.144. The zero-order chi connectivity index (χ0) is 29.0. The number of hydrogen-bond acceptors (Lipinski definition) is 6. The number of benzene rings is 3. The Morgan fingerprint density at radius 1 is 0.927 bits per heavy atom. The number of carbonyl (C=O) groups excluding carboxylic acids is 1. The van der Waals surface area contributed by atoms with Crippen LogP contribution in [0.3, 0.4) is 0 Å². The Balaban J connectivity index is 1.24. The van der Waals surface area contributed by atoms with Gasteiger partial charge in [0, 0.05) is 5.75 Å². The van der Waals surface area contributed by atoms with Gasteiger partial charge in [-0.2, -0.15) is 0 Å². The normalized spacial score (nSPS) is 17.6. The molecule has 0 heterocycles. The van der Waals surface area contributed by atoms with Crippen molar-refractivity contribution in [2.45, 2.75) is 65.4 Å². The van der Waals surface area contributed by atoms with E-state index in [0.717, 1.165) is 53.9 Å². The highest BCUT2D eigenvalue weighted by Gasteiger charge is 2.45. The molecule has 1 fully saturated rings. The average Bonchev–Trinajstić information content (AvgIpc) is 3.78. The first-order valence-electron chi connectivity index (χ1n) is 14.8. The lowest BCUT2D eigenvalue weighted by Crippen LogP contribution is -2.12. The predicted molar refractivity (Wildman–Crippen MR) is 161 cm³/mol. The molecule has 0 N–H and O–H groups in total. The number of rotatable bonds is 12. The van der Waals surface area contributed by atoms with Gasteiger partial charge < -0.3 is 14.2 Å². The van der Waals surface area contributed by atoms with Crippen LogP contribution in [0.25, 0.3) is 11.1 Å². The molecule has 0 aromatic heterocycles. The molecule has 5 rings (SSSR count). The van der Waals surface area contributed by atoms with Crippen molar-refractivity contribution in [1.82, 2.24) is 0 Å². The van der Waals surface area contributed by atoms with Crippen LogP contribution in [-0.2, 0) is 38.8 Å². The van der Waals surface area contributed by atoms with Crippen LogP contribution in [-0.4, -0.2) is 39.1 Å². The van der Waals surface area contributed by atoms with E-state index in [1.165, 1.54) is 22.3 Å². The first-order valence-corrected chi connectivity index (χ1v) is 16.6. The van der Waals surface area contributed by atoms with E-state index in [1.807, 2.05) is 19.1 Å². The van der Waals surface area contributed by atoms with Gasteiger partial charge in [-0.3, -0.25) is 4.79 Å². The molecule has 0 amide bonds. The van der Waals surface area contributed by atoms with Crippen LogP contribution in [0.4, 0.5) is 0 Å². The minimum absolute atomic E-state index is 0.0140. The van der Waals surface area contributed by atoms with E-state index in [9.17, 15) is 13.2 Å². The highest BCUT2D eigenvalue weighted by molar-refractivity contribution is 7.91. The highest BCUT2D eigenvalue weighted by atomic mass is 32.2. The number of fused-ring (bicyclic) bond motifs is 3. The van der Waals surface area contributed by atoms with Crippen molar-refractivity contribution < 1.29 is 27.4 Å². The third-order valence-electron chi connectivity index (χ3n) is 8.13. The molecule has 2 aliphatic carbocycles. The van der Waals surface area contributed by atoms with Crippen molar-refractivity contribution in [2.24, 2.45) is 5.92 Å². The summed E-state index contributed by atoms with van der Waals surface area (Å²) in [4.78, 5) is 12.0. The number of aryl methyl sites for hydroxylation is 3. The standard InChI is InChI=1S/C34H40O6S/c1-4-38-34(35)32-21-30(32)26-12-14-28(15-13-26)40-22-24-10-11-25-8-6-9-27-20-29(18-23(3)33(27)31(25)19-24)39-16-7-17-41(36,37)5-2/h10-15,18-20,30,32H,4-9,16-17,21-22H2,1-3H3/t30-,32+/m1/s1. The average molecular weight is 577 g/mol. The number of sulfone groups is 1. The summed E-state index contributed by atoms with van der Waals surface area (Å²) in [5, 5.41) is 0. The fourth-order valence-electron chi connectivity index (χ4n) is 5.79. The van der Waals surface area contributed by atoms with Crippen LogP contribution < -0.4 is 9.47 Å². The van der Waals surface area contributed by atoms with E-state index in [1.54, 1.807) is 6.92 Å². The van der Waals surface area contributed by atoms with Gasteiger partial charge in [0.2, 0.25) is 0 Å². The van der Waals surface area contributed by atoms with Crippen LogP contribution in [0.5, 0.6) is 11.5 Å². The Morgan fingerprint density at radius 2 is 1.71 bits per heavy atom. The molecule has 0 bridgehead atoms. The van der Waals surface area contributed by atoms with Crippen molar-refractivity contribution in [2.75, 3.05) is 24.7 Å². The molecule has 218 valence electrons. The Morgan fingerprint density at radius 3 is 2.46 bits per heavy atom. The van der Waals surface area contributed by atoms with Crippen LogP contribution in [0, 0.1) is 12.8 Å². The number of ether oxygens (including phenoxy) is 3. The third kappa shape index (κ3) is 7.13. The molecule has 1 saturated carbocycles. The van der Waals surface area contributed by atoms with Crippen LogP contribution in [0.15, 0.2) is 54.6 Å². The van der Waals surface area contributed by atoms with Crippen molar-refractivity contribution in [3.8, 4) is 22.6 Å². The molecule has 2 aliphatic rings. The van der Waals surface area contributed by atoms with E-state index < -0.39 is 9.84 Å². The molecule has 0 saturated heterocycles. The molecule has 0 spiro atoms. The topological polar surface area (TPSA) is 78.9 Å². The Kier molecular flexibility index (Phi) is 9.03. The summed E-state index contributed by atoms with van der Waals surface area (Å²) in [5.41, 5.74) is 8.57. The van der Waals surface area contributed by atoms with Gasteiger partial charge in [-0.1, -0.05) is 31.2 Å². The van der Waals surface area contributed by atoms with Gasteiger partial charge in [0.05, 0.1) is 24.9 Å². The molecule has 0 radical (unpaired) electrons. The van der Waals surface area contributed by atoms with Crippen LogP contribution >= 0.6 is 0 Å². The van der Waals surface area contributed by atoms with Gasteiger partial charge >= 0.3 is 5.97 Å². The SMILES string of the molecule is CCOC(=O)[C@H]1C[C@@H]1c1ccc(OCc2ccc3c(c2)-c2c(C)cc(OCCCS(=O)(=O)CC)cc2CCC3)cc1. The summed E-state index contributed by atoms with van der Waals surface area (Å²) in [5.74, 6) is 2.08. The molecule has 0 unspecified atom stereocenters. The molecule has 6 nitrogen and oxygen atoms in total. The van der Waals surface area contributed by atoms with E-state index >= 15 is 0 Å². The van der Waals surface area contributed by atoms with E-state index in [4.69, 9.17) is 14.2 Å². The Hall–Kier alpha value is -3.32. The molecule has 3 aromatic rings. The second-order valence-electron chi connectivity index (χ2n) is 11.1. The van der Waals surface area contributed by atoms with Gasteiger partial charge in [-0.05, 0) is 121 Å². The minimum Gasteiger partial charge on any atom is -0.494 e. The first-order chi connectivity index (χ1) is 19.8. The number of hydrogen-bond donors (Lipinski definition) is 0. The zero-order valence-corrected chi connectivity index (χ0v) is 25.1. The van der Waals surface area contributed by atoms with E-state index in [0.29, 0.717) is 26.2 Å². The quantitative estimate of drug-likeness (QED) is 0.179. The molecule has 2 atom stereocenters. The fraction of sp³-hybridized carbons (Fsp3) is 0.441. The molecule has 7 heteroatoms. The maximum Gasteiger partial charge on any atom is 0.309 e. The van der Waals surface area contributed by atoms with E-state index in [2.05, 4.69) is 49.4 Å².